The Kier molecular flexibility index (Phi) is 3.99. The predicted molar refractivity (Wildman–Crippen MR) is 68.4 cm³/mol. The van der Waals surface area contributed by atoms with Gasteiger partial charge in [-0.2, -0.15) is 0 Å². The van der Waals surface area contributed by atoms with Gasteiger partial charge in [-0.1, -0.05) is 0 Å². The first-order valence-electron chi connectivity index (χ1n) is 5.71. The van der Waals surface area contributed by atoms with E-state index in [1.165, 1.54) is 6.07 Å². The zero-order valence-electron chi connectivity index (χ0n) is 9.64. The van der Waals surface area contributed by atoms with Gasteiger partial charge in [0.15, 0.2) is 5.82 Å². The molecular formula is C12H15BrF2N2. The molecule has 0 aliphatic carbocycles. The second kappa shape index (κ2) is 5.31. The molecule has 94 valence electrons. The molecule has 1 fully saturated rings. The van der Waals surface area contributed by atoms with E-state index in [2.05, 4.69) is 28.2 Å². The van der Waals surface area contributed by atoms with Gasteiger partial charge in [0.1, 0.15) is 5.82 Å². The molecule has 0 amide bonds. The molecule has 1 unspecified atom stereocenters. The fourth-order valence-corrected chi connectivity index (χ4v) is 2.80. The maximum Gasteiger partial charge on any atom is 0.150 e. The summed E-state index contributed by atoms with van der Waals surface area (Å²) in [6.07, 6.45) is 0.952. The largest absolute Gasteiger partial charge is 0.367 e. The summed E-state index contributed by atoms with van der Waals surface area (Å²) in [5.74, 6) is -1.06. The standard InChI is InChI=1S/C12H15BrF2N2/c1-8-7-17(4-2-3-16-8)12-10(13)5-9(14)6-11(12)15/h5-6,8,16H,2-4,7H2,1H3. The summed E-state index contributed by atoms with van der Waals surface area (Å²) in [5.41, 5.74) is 0.460. The fraction of sp³-hybridized carbons (Fsp3) is 0.500. The zero-order chi connectivity index (χ0) is 12.4. The van der Waals surface area contributed by atoms with Crippen LogP contribution in [0.25, 0.3) is 0 Å². The molecule has 0 bridgehead atoms. The second-order valence-electron chi connectivity index (χ2n) is 4.37. The van der Waals surface area contributed by atoms with E-state index in [4.69, 9.17) is 0 Å². The van der Waals surface area contributed by atoms with Crippen LogP contribution in [0.1, 0.15) is 13.3 Å². The van der Waals surface area contributed by atoms with Crippen molar-refractivity contribution in [2.75, 3.05) is 24.5 Å². The van der Waals surface area contributed by atoms with Gasteiger partial charge < -0.3 is 10.2 Å². The summed E-state index contributed by atoms with van der Waals surface area (Å²) >= 11 is 3.24. The van der Waals surface area contributed by atoms with E-state index in [1.807, 2.05) is 4.90 Å². The van der Waals surface area contributed by atoms with Gasteiger partial charge in [-0.15, -0.1) is 0 Å². The highest BCUT2D eigenvalue weighted by atomic mass is 79.9. The quantitative estimate of drug-likeness (QED) is 0.858. The lowest BCUT2D eigenvalue weighted by Crippen LogP contribution is -2.35. The van der Waals surface area contributed by atoms with Crippen LogP contribution in [0.5, 0.6) is 0 Å². The van der Waals surface area contributed by atoms with Gasteiger partial charge in [-0.25, -0.2) is 8.78 Å². The Hall–Kier alpha value is -0.680. The first-order valence-corrected chi connectivity index (χ1v) is 6.50. The minimum absolute atomic E-state index is 0.300. The minimum Gasteiger partial charge on any atom is -0.367 e. The van der Waals surface area contributed by atoms with Gasteiger partial charge in [0, 0.05) is 29.7 Å². The molecule has 0 radical (unpaired) electrons. The van der Waals surface area contributed by atoms with E-state index < -0.39 is 11.6 Å². The first kappa shape index (κ1) is 12.8. The molecule has 1 aliphatic heterocycles. The van der Waals surface area contributed by atoms with Gasteiger partial charge in [-0.05, 0) is 41.9 Å². The molecular weight excluding hydrogens is 290 g/mol. The molecule has 1 aliphatic rings. The number of anilines is 1. The maximum atomic E-state index is 13.8. The summed E-state index contributed by atoms with van der Waals surface area (Å²) in [4.78, 5) is 1.96. The highest BCUT2D eigenvalue weighted by Crippen LogP contribution is 2.31. The molecule has 1 aromatic rings. The van der Waals surface area contributed by atoms with E-state index in [9.17, 15) is 8.78 Å². The Morgan fingerprint density at radius 3 is 2.88 bits per heavy atom. The topological polar surface area (TPSA) is 15.3 Å². The predicted octanol–water partition coefficient (Wildman–Crippen LogP) is 2.92. The summed E-state index contributed by atoms with van der Waals surface area (Å²) in [6, 6.07) is 2.54. The Morgan fingerprint density at radius 1 is 1.41 bits per heavy atom. The Balaban J connectivity index is 2.32. The summed E-state index contributed by atoms with van der Waals surface area (Å²) in [6.45, 7) is 4.49. The molecule has 1 atom stereocenters. The molecule has 1 N–H and O–H groups in total. The van der Waals surface area contributed by atoms with E-state index >= 15 is 0 Å². The van der Waals surface area contributed by atoms with Gasteiger partial charge in [0.2, 0.25) is 0 Å². The fourth-order valence-electron chi connectivity index (χ4n) is 2.14. The first-order chi connectivity index (χ1) is 8.08. The Bertz CT molecular complexity index is 388. The number of hydrogen-bond acceptors (Lipinski definition) is 2. The van der Waals surface area contributed by atoms with Crippen molar-refractivity contribution in [1.29, 1.82) is 0 Å². The number of nitrogens with zero attached hydrogens (tertiary/aromatic N) is 1. The van der Waals surface area contributed by atoms with Crippen LogP contribution < -0.4 is 10.2 Å². The number of halogens is 3. The maximum absolute atomic E-state index is 13.8. The lowest BCUT2D eigenvalue weighted by Gasteiger charge is -2.26. The van der Waals surface area contributed by atoms with Crippen LogP contribution in [-0.4, -0.2) is 25.7 Å². The Morgan fingerprint density at radius 2 is 2.18 bits per heavy atom. The van der Waals surface area contributed by atoms with Crippen molar-refractivity contribution in [3.05, 3.63) is 28.2 Å². The summed E-state index contributed by atoms with van der Waals surface area (Å²) in [5, 5.41) is 3.34. The van der Waals surface area contributed by atoms with Gasteiger partial charge in [0.25, 0.3) is 0 Å². The molecule has 1 saturated heterocycles. The minimum atomic E-state index is -0.556. The van der Waals surface area contributed by atoms with Crippen LogP contribution in [0.2, 0.25) is 0 Å². The molecule has 1 heterocycles. The lowest BCUT2D eigenvalue weighted by atomic mass is 10.2. The van der Waals surface area contributed by atoms with Crippen LogP contribution >= 0.6 is 15.9 Å². The summed E-state index contributed by atoms with van der Waals surface area (Å²) in [7, 11) is 0. The SMILES string of the molecule is CC1CN(c2c(F)cc(F)cc2Br)CCCN1. The Labute approximate surface area is 108 Å². The average Bonchev–Trinajstić information content (AvgIpc) is 2.41. The number of rotatable bonds is 1. The smallest absolute Gasteiger partial charge is 0.150 e. The third-order valence-electron chi connectivity index (χ3n) is 2.89. The van der Waals surface area contributed by atoms with Crippen molar-refractivity contribution in [3.63, 3.8) is 0 Å². The third kappa shape index (κ3) is 2.96. The average molecular weight is 305 g/mol. The normalized spacial score (nSPS) is 21.4. The molecule has 0 aromatic heterocycles. The van der Waals surface area contributed by atoms with E-state index in [-0.39, 0.29) is 0 Å². The molecule has 17 heavy (non-hydrogen) atoms. The molecule has 0 saturated carbocycles. The molecule has 5 heteroatoms. The van der Waals surface area contributed by atoms with Crippen molar-refractivity contribution >= 4 is 21.6 Å². The molecule has 1 aromatic carbocycles. The molecule has 0 spiro atoms. The zero-order valence-corrected chi connectivity index (χ0v) is 11.2. The number of hydrogen-bond donors (Lipinski definition) is 1. The van der Waals surface area contributed by atoms with Crippen molar-refractivity contribution in [2.45, 2.75) is 19.4 Å². The number of nitrogens with one attached hydrogen (secondary N) is 1. The second-order valence-corrected chi connectivity index (χ2v) is 5.23. The highest BCUT2D eigenvalue weighted by molar-refractivity contribution is 9.10. The van der Waals surface area contributed by atoms with Crippen LogP contribution in [0.15, 0.2) is 16.6 Å². The lowest BCUT2D eigenvalue weighted by molar-refractivity contribution is 0.566. The number of benzene rings is 1. The van der Waals surface area contributed by atoms with Gasteiger partial charge in [-0.3, -0.25) is 0 Å². The van der Waals surface area contributed by atoms with Crippen LogP contribution in [0.3, 0.4) is 0 Å². The van der Waals surface area contributed by atoms with Gasteiger partial charge in [0.05, 0.1) is 5.69 Å². The van der Waals surface area contributed by atoms with E-state index in [0.29, 0.717) is 16.2 Å². The van der Waals surface area contributed by atoms with Crippen LogP contribution in [0.4, 0.5) is 14.5 Å². The monoisotopic (exact) mass is 304 g/mol. The van der Waals surface area contributed by atoms with Crippen molar-refractivity contribution in [3.8, 4) is 0 Å². The van der Waals surface area contributed by atoms with E-state index in [1.54, 1.807) is 0 Å². The van der Waals surface area contributed by atoms with Gasteiger partial charge >= 0.3 is 0 Å². The van der Waals surface area contributed by atoms with Crippen LogP contribution in [0, 0.1) is 11.6 Å². The van der Waals surface area contributed by atoms with E-state index in [0.717, 1.165) is 32.1 Å². The highest BCUT2D eigenvalue weighted by Gasteiger charge is 2.20. The van der Waals surface area contributed by atoms with Crippen LogP contribution in [-0.2, 0) is 0 Å². The molecule has 2 rings (SSSR count). The van der Waals surface area contributed by atoms with Crippen molar-refractivity contribution in [1.82, 2.24) is 5.32 Å². The summed E-state index contributed by atoms with van der Waals surface area (Å²) < 4.78 is 27.3. The third-order valence-corrected chi connectivity index (χ3v) is 3.49. The van der Waals surface area contributed by atoms with Crippen molar-refractivity contribution in [2.24, 2.45) is 0 Å². The molecule has 2 nitrogen and oxygen atoms in total. The van der Waals surface area contributed by atoms with Crippen molar-refractivity contribution < 1.29 is 8.78 Å².